The van der Waals surface area contributed by atoms with Crippen LogP contribution in [0, 0.1) is 0 Å². The van der Waals surface area contributed by atoms with Crippen LogP contribution in [0.3, 0.4) is 0 Å². The number of hydrogen-bond acceptors (Lipinski definition) is 6. The van der Waals surface area contributed by atoms with Gasteiger partial charge in [-0.1, -0.05) is 0 Å². The van der Waals surface area contributed by atoms with Gasteiger partial charge in [-0.2, -0.15) is 4.73 Å². The van der Waals surface area contributed by atoms with Crippen LogP contribution in [0.2, 0.25) is 0 Å². The van der Waals surface area contributed by atoms with Crippen molar-refractivity contribution < 1.29 is 14.4 Å². The molecular formula is C15H13N5O3. The number of hydrogen-bond donors (Lipinski definition) is 2. The fourth-order valence-corrected chi connectivity index (χ4v) is 2.22. The lowest BCUT2D eigenvalue weighted by Gasteiger charge is -2.07. The number of benzene rings is 1. The standard InChI is InChI=1S/C15H13N5O3/c1-9(21)23-20-7-13(15(16)22)12-4-10(2-3-14(12)20)19-11-5-17-8-18-6-11/h2-8,19H,1H3,(H2,16,22). The first-order chi connectivity index (χ1) is 11.0. The molecule has 1 aromatic carbocycles. The van der Waals surface area contributed by atoms with Gasteiger partial charge in [0.15, 0.2) is 0 Å². The number of nitrogens with zero attached hydrogens (tertiary/aromatic N) is 3. The van der Waals surface area contributed by atoms with Gasteiger partial charge in [-0.05, 0) is 18.2 Å². The van der Waals surface area contributed by atoms with Crippen LogP contribution in [0.4, 0.5) is 11.4 Å². The Balaban J connectivity index is 2.05. The molecule has 8 nitrogen and oxygen atoms in total. The van der Waals surface area contributed by atoms with Crippen molar-refractivity contribution in [1.29, 1.82) is 0 Å². The van der Waals surface area contributed by atoms with E-state index in [1.54, 1.807) is 30.6 Å². The van der Waals surface area contributed by atoms with Gasteiger partial charge >= 0.3 is 5.97 Å². The number of aromatic nitrogens is 3. The zero-order chi connectivity index (χ0) is 16.4. The van der Waals surface area contributed by atoms with Crippen molar-refractivity contribution in [1.82, 2.24) is 14.7 Å². The fourth-order valence-electron chi connectivity index (χ4n) is 2.22. The first-order valence-corrected chi connectivity index (χ1v) is 6.70. The van der Waals surface area contributed by atoms with Gasteiger partial charge in [0.05, 0.1) is 35.4 Å². The number of fused-ring (bicyclic) bond motifs is 1. The molecule has 3 aromatic rings. The summed E-state index contributed by atoms with van der Waals surface area (Å²) in [5.41, 5.74) is 7.63. The van der Waals surface area contributed by atoms with Crippen molar-refractivity contribution in [2.45, 2.75) is 6.92 Å². The molecule has 0 aliphatic rings. The predicted molar refractivity (Wildman–Crippen MR) is 83.0 cm³/mol. The number of anilines is 2. The second-order valence-corrected chi connectivity index (χ2v) is 4.80. The van der Waals surface area contributed by atoms with E-state index in [1.807, 2.05) is 0 Å². The predicted octanol–water partition coefficient (Wildman–Crippen LogP) is 1.25. The van der Waals surface area contributed by atoms with Crippen LogP contribution < -0.4 is 15.9 Å². The lowest BCUT2D eigenvalue weighted by molar-refractivity contribution is -0.140. The highest BCUT2D eigenvalue weighted by Crippen LogP contribution is 2.26. The van der Waals surface area contributed by atoms with Crippen LogP contribution in [0.25, 0.3) is 10.9 Å². The molecule has 3 N–H and O–H groups in total. The number of rotatable bonds is 4. The van der Waals surface area contributed by atoms with E-state index in [2.05, 4.69) is 15.3 Å². The third kappa shape index (κ3) is 2.95. The van der Waals surface area contributed by atoms with Crippen molar-refractivity contribution in [3.8, 4) is 0 Å². The molecule has 0 radical (unpaired) electrons. The molecule has 0 fully saturated rings. The van der Waals surface area contributed by atoms with Crippen molar-refractivity contribution >= 4 is 34.2 Å². The summed E-state index contributed by atoms with van der Waals surface area (Å²) in [5, 5.41) is 3.69. The third-order valence-electron chi connectivity index (χ3n) is 3.11. The van der Waals surface area contributed by atoms with E-state index in [-0.39, 0.29) is 5.56 Å². The monoisotopic (exact) mass is 311 g/mol. The Kier molecular flexibility index (Phi) is 3.63. The van der Waals surface area contributed by atoms with Crippen LogP contribution in [0.1, 0.15) is 17.3 Å². The molecule has 0 saturated carbocycles. The fraction of sp³-hybridized carbons (Fsp3) is 0.0667. The number of carbonyl (C=O) groups is 2. The van der Waals surface area contributed by atoms with Gasteiger partial charge in [-0.3, -0.25) is 4.79 Å². The maximum atomic E-state index is 11.6. The van der Waals surface area contributed by atoms with Crippen LogP contribution in [0.5, 0.6) is 0 Å². The third-order valence-corrected chi connectivity index (χ3v) is 3.11. The SMILES string of the molecule is CC(=O)On1cc(C(N)=O)c2cc(Nc3cncnc3)ccc21. The maximum absolute atomic E-state index is 11.6. The topological polar surface area (TPSA) is 112 Å². The quantitative estimate of drug-likeness (QED) is 0.750. The molecule has 1 amide bonds. The summed E-state index contributed by atoms with van der Waals surface area (Å²) >= 11 is 0. The molecule has 2 aromatic heterocycles. The second-order valence-electron chi connectivity index (χ2n) is 4.80. The molecule has 0 unspecified atom stereocenters. The van der Waals surface area contributed by atoms with Crippen molar-refractivity contribution in [3.05, 3.63) is 48.7 Å². The van der Waals surface area contributed by atoms with Gasteiger partial charge in [0.25, 0.3) is 5.91 Å². The van der Waals surface area contributed by atoms with Crippen molar-refractivity contribution in [3.63, 3.8) is 0 Å². The van der Waals surface area contributed by atoms with Gasteiger partial charge in [-0.25, -0.2) is 14.8 Å². The molecule has 0 spiro atoms. The zero-order valence-electron chi connectivity index (χ0n) is 12.2. The van der Waals surface area contributed by atoms with E-state index in [4.69, 9.17) is 10.6 Å². The van der Waals surface area contributed by atoms with E-state index in [0.29, 0.717) is 16.6 Å². The highest BCUT2D eigenvalue weighted by Gasteiger charge is 2.15. The molecule has 0 bridgehead atoms. The average Bonchev–Trinajstić information content (AvgIpc) is 2.86. The summed E-state index contributed by atoms with van der Waals surface area (Å²) in [4.78, 5) is 35.6. The Hall–Kier alpha value is -3.42. The van der Waals surface area contributed by atoms with Crippen LogP contribution in [-0.4, -0.2) is 26.6 Å². The molecule has 3 rings (SSSR count). The van der Waals surface area contributed by atoms with Crippen molar-refractivity contribution in [2.24, 2.45) is 5.73 Å². The lowest BCUT2D eigenvalue weighted by atomic mass is 10.1. The number of nitrogens with two attached hydrogens (primary N) is 1. The minimum atomic E-state index is -0.610. The summed E-state index contributed by atoms with van der Waals surface area (Å²) in [6.45, 7) is 1.28. The average molecular weight is 311 g/mol. The van der Waals surface area contributed by atoms with Crippen LogP contribution in [0.15, 0.2) is 43.1 Å². The second kappa shape index (κ2) is 5.76. The Bertz CT molecular complexity index is 889. The van der Waals surface area contributed by atoms with Crippen molar-refractivity contribution in [2.75, 3.05) is 5.32 Å². The summed E-state index contributed by atoms with van der Waals surface area (Å²) in [5.74, 6) is -1.11. The highest BCUT2D eigenvalue weighted by molar-refractivity contribution is 6.07. The number of carbonyl (C=O) groups excluding carboxylic acids is 2. The van der Waals surface area contributed by atoms with E-state index >= 15 is 0 Å². The van der Waals surface area contributed by atoms with E-state index in [1.165, 1.54) is 24.2 Å². The smallest absolute Gasteiger partial charge is 0.329 e. The zero-order valence-corrected chi connectivity index (χ0v) is 12.2. The Labute approximate surface area is 130 Å². The first-order valence-electron chi connectivity index (χ1n) is 6.70. The van der Waals surface area contributed by atoms with Gasteiger partial charge in [0.1, 0.15) is 6.33 Å². The van der Waals surface area contributed by atoms with E-state index in [9.17, 15) is 9.59 Å². The van der Waals surface area contributed by atoms with E-state index < -0.39 is 11.9 Å². The first kappa shape index (κ1) is 14.5. The molecule has 0 aliphatic heterocycles. The summed E-state index contributed by atoms with van der Waals surface area (Å²) in [6, 6.07) is 5.24. The van der Waals surface area contributed by atoms with Gasteiger partial charge in [0, 0.05) is 18.0 Å². The number of nitrogens with one attached hydrogen (secondary N) is 1. The Morgan fingerprint density at radius 3 is 2.61 bits per heavy atom. The Morgan fingerprint density at radius 1 is 1.22 bits per heavy atom. The molecule has 116 valence electrons. The molecule has 2 heterocycles. The molecule has 8 heteroatoms. The normalized spacial score (nSPS) is 10.5. The number of amides is 1. The molecule has 0 aliphatic carbocycles. The maximum Gasteiger partial charge on any atom is 0.329 e. The minimum Gasteiger partial charge on any atom is -0.366 e. The largest absolute Gasteiger partial charge is 0.366 e. The summed E-state index contributed by atoms with van der Waals surface area (Å²) in [6.07, 6.45) is 6.06. The Morgan fingerprint density at radius 2 is 1.96 bits per heavy atom. The lowest BCUT2D eigenvalue weighted by Crippen LogP contribution is -2.16. The molecular weight excluding hydrogens is 298 g/mol. The van der Waals surface area contributed by atoms with Gasteiger partial charge < -0.3 is 15.9 Å². The minimum absolute atomic E-state index is 0.259. The van der Waals surface area contributed by atoms with E-state index in [0.717, 1.165) is 5.69 Å². The highest BCUT2D eigenvalue weighted by atomic mass is 16.7. The van der Waals surface area contributed by atoms with Crippen LogP contribution in [-0.2, 0) is 4.79 Å². The number of primary amides is 1. The summed E-state index contributed by atoms with van der Waals surface area (Å²) < 4.78 is 1.23. The van der Waals surface area contributed by atoms with Gasteiger partial charge in [0.2, 0.25) is 0 Å². The van der Waals surface area contributed by atoms with Crippen LogP contribution >= 0.6 is 0 Å². The summed E-state index contributed by atoms with van der Waals surface area (Å²) in [7, 11) is 0. The molecule has 0 saturated heterocycles. The molecule has 0 atom stereocenters. The van der Waals surface area contributed by atoms with Gasteiger partial charge in [-0.15, -0.1) is 0 Å². The molecule has 23 heavy (non-hydrogen) atoms.